The van der Waals surface area contributed by atoms with E-state index in [1.165, 1.54) is 10.7 Å². The van der Waals surface area contributed by atoms with Crippen LogP contribution in [0.4, 0.5) is 13.2 Å². The summed E-state index contributed by atoms with van der Waals surface area (Å²) >= 11 is 0. The van der Waals surface area contributed by atoms with Gasteiger partial charge in [0.2, 0.25) is 0 Å². The Morgan fingerprint density at radius 2 is 2.03 bits per heavy atom. The van der Waals surface area contributed by atoms with E-state index in [9.17, 15) is 22.8 Å². The van der Waals surface area contributed by atoms with E-state index in [0.29, 0.717) is 18.8 Å². The zero-order valence-electron chi connectivity index (χ0n) is 15.7. The molecule has 30 heavy (non-hydrogen) atoms. The Labute approximate surface area is 168 Å². The van der Waals surface area contributed by atoms with Gasteiger partial charge in [0.1, 0.15) is 12.0 Å². The number of halogens is 3. The van der Waals surface area contributed by atoms with Crippen LogP contribution in [0.5, 0.6) is 0 Å². The summed E-state index contributed by atoms with van der Waals surface area (Å²) < 4.78 is 41.0. The normalized spacial score (nSPS) is 16.8. The monoisotopic (exact) mass is 418 g/mol. The number of rotatable bonds is 4. The molecular formula is C19H17F3N6O2. The van der Waals surface area contributed by atoms with Crippen LogP contribution in [-0.2, 0) is 12.7 Å². The van der Waals surface area contributed by atoms with E-state index in [-0.39, 0.29) is 23.7 Å². The van der Waals surface area contributed by atoms with Crippen molar-refractivity contribution in [3.63, 3.8) is 0 Å². The number of hydrogen-bond donors (Lipinski definition) is 0. The van der Waals surface area contributed by atoms with Gasteiger partial charge in [0.25, 0.3) is 11.5 Å². The largest absolute Gasteiger partial charge is 0.433 e. The van der Waals surface area contributed by atoms with Crippen molar-refractivity contribution in [1.29, 1.82) is 0 Å². The molecule has 11 heteroatoms. The average molecular weight is 418 g/mol. The van der Waals surface area contributed by atoms with Crippen LogP contribution in [0.1, 0.15) is 28.9 Å². The van der Waals surface area contributed by atoms with Crippen molar-refractivity contribution in [2.45, 2.75) is 31.6 Å². The van der Waals surface area contributed by atoms with E-state index in [1.54, 1.807) is 34.3 Å². The Morgan fingerprint density at radius 3 is 2.70 bits per heavy atom. The molecule has 0 aromatic carbocycles. The van der Waals surface area contributed by atoms with Crippen LogP contribution >= 0.6 is 0 Å². The summed E-state index contributed by atoms with van der Waals surface area (Å²) in [5, 5.41) is 4.34. The quantitative estimate of drug-likeness (QED) is 0.648. The first-order valence-corrected chi connectivity index (χ1v) is 9.23. The van der Waals surface area contributed by atoms with Gasteiger partial charge in [-0.05, 0) is 31.0 Å². The third-order valence-electron chi connectivity index (χ3n) is 4.94. The van der Waals surface area contributed by atoms with Crippen LogP contribution < -0.4 is 5.56 Å². The maximum absolute atomic E-state index is 12.8. The number of alkyl halides is 3. The Bertz CT molecular complexity index is 1090. The molecule has 3 aromatic rings. The fourth-order valence-corrected chi connectivity index (χ4v) is 3.45. The number of likely N-dealkylation sites (tertiary alicyclic amines) is 1. The highest BCUT2D eigenvalue weighted by molar-refractivity contribution is 5.94. The topological polar surface area (TPSA) is 85.9 Å². The summed E-state index contributed by atoms with van der Waals surface area (Å²) in [6, 6.07) is 4.58. The summed E-state index contributed by atoms with van der Waals surface area (Å²) in [7, 11) is 0. The van der Waals surface area contributed by atoms with Gasteiger partial charge in [-0.2, -0.15) is 18.3 Å². The predicted molar refractivity (Wildman–Crippen MR) is 98.9 cm³/mol. The number of imidazole rings is 1. The van der Waals surface area contributed by atoms with Crippen LogP contribution in [-0.4, -0.2) is 47.7 Å². The van der Waals surface area contributed by atoms with E-state index in [0.717, 1.165) is 24.8 Å². The molecule has 0 aliphatic carbocycles. The summed E-state index contributed by atoms with van der Waals surface area (Å²) in [5.41, 5.74) is -1.29. The SMILES string of the molecule is O=C(c1ccc(C(F)(F)F)nc1)N1CCCC1Cn1nc(-n2ccnc2)ccc1=O. The zero-order chi connectivity index (χ0) is 21.3. The van der Waals surface area contributed by atoms with E-state index in [4.69, 9.17) is 0 Å². The summed E-state index contributed by atoms with van der Waals surface area (Å²) in [6.45, 7) is 0.627. The standard InChI is InChI=1S/C19H17F3N6O2/c20-19(21,22)15-4-3-13(10-24-15)18(30)27-8-1-2-14(27)11-28-17(29)6-5-16(25-28)26-9-7-23-12-26/h3-7,9-10,12,14H,1-2,8,11H2. The lowest BCUT2D eigenvalue weighted by Gasteiger charge is -2.25. The number of carbonyl (C=O) groups excluding carboxylic acids is 1. The Kier molecular flexibility index (Phi) is 5.10. The van der Waals surface area contributed by atoms with Crippen LogP contribution in [0.3, 0.4) is 0 Å². The number of pyridine rings is 1. The van der Waals surface area contributed by atoms with Gasteiger partial charge in [0.15, 0.2) is 5.82 Å². The number of amides is 1. The van der Waals surface area contributed by atoms with E-state index in [2.05, 4.69) is 15.1 Å². The summed E-state index contributed by atoms with van der Waals surface area (Å²) in [5.74, 6) is 0.0902. The van der Waals surface area contributed by atoms with Crippen molar-refractivity contribution < 1.29 is 18.0 Å². The zero-order valence-corrected chi connectivity index (χ0v) is 15.7. The maximum Gasteiger partial charge on any atom is 0.433 e. The Balaban J connectivity index is 1.54. The molecule has 1 saturated heterocycles. The molecule has 4 rings (SSSR count). The highest BCUT2D eigenvalue weighted by Crippen LogP contribution is 2.28. The van der Waals surface area contributed by atoms with Crippen LogP contribution in [0.15, 0.2) is 54.0 Å². The molecule has 1 aliphatic heterocycles. The van der Waals surface area contributed by atoms with E-state index < -0.39 is 17.8 Å². The molecule has 1 amide bonds. The second kappa shape index (κ2) is 7.73. The molecule has 8 nitrogen and oxygen atoms in total. The number of nitrogens with zero attached hydrogens (tertiary/aromatic N) is 6. The van der Waals surface area contributed by atoms with Crippen molar-refractivity contribution in [3.8, 4) is 5.82 Å². The van der Waals surface area contributed by atoms with Crippen LogP contribution in [0.2, 0.25) is 0 Å². The van der Waals surface area contributed by atoms with Gasteiger partial charge in [-0.25, -0.2) is 9.67 Å². The maximum atomic E-state index is 12.8. The van der Waals surface area contributed by atoms with Crippen molar-refractivity contribution >= 4 is 5.91 Å². The molecule has 156 valence electrons. The molecule has 1 fully saturated rings. The molecule has 1 aliphatic rings. The first-order valence-electron chi connectivity index (χ1n) is 9.23. The second-order valence-corrected chi connectivity index (χ2v) is 6.91. The summed E-state index contributed by atoms with van der Waals surface area (Å²) in [6.07, 6.45) is 2.59. The molecule has 0 saturated carbocycles. The summed E-state index contributed by atoms with van der Waals surface area (Å²) in [4.78, 5) is 34.0. The number of carbonyl (C=O) groups is 1. The molecule has 1 atom stereocenters. The highest BCUT2D eigenvalue weighted by Gasteiger charge is 2.34. The minimum absolute atomic E-state index is 0.0716. The molecule has 1 unspecified atom stereocenters. The van der Waals surface area contributed by atoms with E-state index >= 15 is 0 Å². The lowest BCUT2D eigenvalue weighted by Crippen LogP contribution is -2.40. The third kappa shape index (κ3) is 3.95. The molecule has 0 spiro atoms. The lowest BCUT2D eigenvalue weighted by atomic mass is 10.2. The first-order chi connectivity index (χ1) is 14.3. The average Bonchev–Trinajstić information content (AvgIpc) is 3.41. The second-order valence-electron chi connectivity index (χ2n) is 6.91. The van der Waals surface area contributed by atoms with Gasteiger partial charge in [0.05, 0.1) is 18.2 Å². The number of aromatic nitrogens is 5. The van der Waals surface area contributed by atoms with Gasteiger partial charge < -0.3 is 4.90 Å². The van der Waals surface area contributed by atoms with Crippen molar-refractivity contribution in [1.82, 2.24) is 29.2 Å². The van der Waals surface area contributed by atoms with E-state index in [1.807, 2.05) is 0 Å². The van der Waals surface area contributed by atoms with Gasteiger partial charge in [-0.3, -0.25) is 19.1 Å². The molecule has 0 bridgehead atoms. The predicted octanol–water partition coefficient (Wildman–Crippen LogP) is 2.15. The molecule has 0 N–H and O–H groups in total. The Morgan fingerprint density at radius 1 is 1.20 bits per heavy atom. The molecule has 3 aromatic heterocycles. The minimum atomic E-state index is -4.56. The minimum Gasteiger partial charge on any atom is -0.334 e. The van der Waals surface area contributed by atoms with Crippen molar-refractivity contribution in [2.24, 2.45) is 0 Å². The highest BCUT2D eigenvalue weighted by atomic mass is 19.4. The smallest absolute Gasteiger partial charge is 0.334 e. The lowest BCUT2D eigenvalue weighted by molar-refractivity contribution is -0.141. The molecule has 4 heterocycles. The van der Waals surface area contributed by atoms with Gasteiger partial charge in [-0.1, -0.05) is 0 Å². The third-order valence-corrected chi connectivity index (χ3v) is 4.94. The fraction of sp³-hybridized carbons (Fsp3) is 0.316. The number of hydrogen-bond acceptors (Lipinski definition) is 5. The van der Waals surface area contributed by atoms with Crippen LogP contribution in [0, 0.1) is 0 Å². The van der Waals surface area contributed by atoms with Gasteiger partial charge in [-0.15, -0.1) is 0 Å². The van der Waals surface area contributed by atoms with Gasteiger partial charge >= 0.3 is 6.18 Å². The molecular weight excluding hydrogens is 401 g/mol. The van der Waals surface area contributed by atoms with Crippen LogP contribution in [0.25, 0.3) is 5.82 Å². The Hall–Kier alpha value is -3.50. The van der Waals surface area contributed by atoms with Crippen molar-refractivity contribution in [2.75, 3.05) is 6.54 Å². The van der Waals surface area contributed by atoms with Crippen molar-refractivity contribution in [3.05, 3.63) is 70.8 Å². The van der Waals surface area contributed by atoms with Gasteiger partial charge in [0, 0.05) is 31.2 Å². The molecule has 0 radical (unpaired) electrons. The fourth-order valence-electron chi connectivity index (χ4n) is 3.45. The first kappa shape index (κ1) is 19.8.